The van der Waals surface area contributed by atoms with E-state index < -0.39 is 6.67 Å². The van der Waals surface area contributed by atoms with Gasteiger partial charge in [0.25, 0.3) is 0 Å². The molecule has 136 valence electrons. The van der Waals surface area contributed by atoms with Crippen molar-refractivity contribution in [1.29, 1.82) is 0 Å². The van der Waals surface area contributed by atoms with E-state index in [0.29, 0.717) is 29.6 Å². The van der Waals surface area contributed by atoms with Crippen LogP contribution in [0.2, 0.25) is 0 Å². The summed E-state index contributed by atoms with van der Waals surface area (Å²) in [4.78, 5) is 24.2. The van der Waals surface area contributed by atoms with Gasteiger partial charge in [-0.05, 0) is 54.6 Å². The smallest absolute Gasteiger partial charge is 0.217 e. The molecule has 0 unspecified atom stereocenters. The molecule has 2 N–H and O–H groups in total. The van der Waals surface area contributed by atoms with Crippen molar-refractivity contribution in [1.82, 2.24) is 0 Å². The maximum Gasteiger partial charge on any atom is 0.217 e. The van der Waals surface area contributed by atoms with Gasteiger partial charge in [-0.1, -0.05) is 19.1 Å². The number of carbonyl (C=O) groups is 2. The van der Waals surface area contributed by atoms with E-state index in [1.54, 1.807) is 6.07 Å². The van der Waals surface area contributed by atoms with Crippen molar-refractivity contribution in [3.8, 4) is 5.75 Å². The van der Waals surface area contributed by atoms with E-state index in [9.17, 15) is 14.0 Å². The molecule has 0 saturated heterocycles. The summed E-state index contributed by atoms with van der Waals surface area (Å²) in [6.07, 6.45) is 4.83. The van der Waals surface area contributed by atoms with Gasteiger partial charge in [-0.3, -0.25) is 9.59 Å². The lowest BCUT2D eigenvalue weighted by Gasteiger charge is -2.27. The van der Waals surface area contributed by atoms with E-state index in [-0.39, 0.29) is 30.1 Å². The van der Waals surface area contributed by atoms with Gasteiger partial charge in [0, 0.05) is 18.4 Å². The van der Waals surface area contributed by atoms with Crippen LogP contribution in [0, 0.1) is 11.3 Å². The molecule has 5 heteroatoms. The molecule has 1 amide bonds. The normalized spacial score (nSPS) is 19.3. The minimum atomic E-state index is -0.555. The zero-order chi connectivity index (χ0) is 18.0. The van der Waals surface area contributed by atoms with Crippen LogP contribution in [0.3, 0.4) is 0 Å². The standard InChI is InChI=1S/C20H26FNO3/c1-20(12-19(22)24,15-5-6-15)11-17(23)14-4-7-16(13-2-3-13)18(10-14)25-9-8-21/h4,7,10,13,15H,2-3,5-6,8-9,11-12H2,1H3,(H2,22,24)/t20-/m0/s1. The minimum Gasteiger partial charge on any atom is -0.491 e. The van der Waals surface area contributed by atoms with Gasteiger partial charge in [0.2, 0.25) is 5.91 Å². The molecule has 25 heavy (non-hydrogen) atoms. The first-order chi connectivity index (χ1) is 11.9. The Balaban J connectivity index is 1.77. The summed E-state index contributed by atoms with van der Waals surface area (Å²) in [6.45, 7) is 1.42. The average molecular weight is 347 g/mol. The van der Waals surface area contributed by atoms with Crippen LogP contribution in [-0.2, 0) is 4.79 Å². The SMILES string of the molecule is C[C@@](CC(N)=O)(CC(=O)c1ccc(C2CC2)c(OCCF)c1)C1CC1. The first-order valence-electron chi connectivity index (χ1n) is 9.07. The van der Waals surface area contributed by atoms with Crippen molar-refractivity contribution in [2.45, 2.75) is 51.4 Å². The van der Waals surface area contributed by atoms with Crippen molar-refractivity contribution >= 4 is 11.7 Å². The van der Waals surface area contributed by atoms with Crippen molar-refractivity contribution < 1.29 is 18.7 Å². The number of carbonyl (C=O) groups excluding carboxylic acids is 2. The third-order valence-corrected chi connectivity index (χ3v) is 5.39. The number of alkyl halides is 1. The molecule has 2 aliphatic rings. The fourth-order valence-electron chi connectivity index (χ4n) is 3.71. The molecule has 2 fully saturated rings. The number of ether oxygens (including phenoxy) is 1. The Bertz CT molecular complexity index is 667. The van der Waals surface area contributed by atoms with E-state index >= 15 is 0 Å². The van der Waals surface area contributed by atoms with E-state index in [2.05, 4.69) is 0 Å². The molecule has 0 bridgehead atoms. The fourth-order valence-corrected chi connectivity index (χ4v) is 3.71. The molecule has 0 spiro atoms. The van der Waals surface area contributed by atoms with Crippen LogP contribution in [0.25, 0.3) is 0 Å². The second kappa shape index (κ2) is 7.14. The number of hydrogen-bond acceptors (Lipinski definition) is 3. The third-order valence-electron chi connectivity index (χ3n) is 5.39. The Kier molecular flexibility index (Phi) is 5.11. The first kappa shape index (κ1) is 17.9. The van der Waals surface area contributed by atoms with Crippen molar-refractivity contribution in [2.24, 2.45) is 17.1 Å². The van der Waals surface area contributed by atoms with Gasteiger partial charge in [-0.2, -0.15) is 0 Å². The highest BCUT2D eigenvalue weighted by atomic mass is 19.1. The minimum absolute atomic E-state index is 0.00116. The van der Waals surface area contributed by atoms with Crippen LogP contribution in [0.4, 0.5) is 4.39 Å². The second-order valence-electron chi connectivity index (χ2n) is 7.74. The molecule has 3 rings (SSSR count). The van der Waals surface area contributed by atoms with Gasteiger partial charge in [0.05, 0.1) is 0 Å². The fraction of sp³-hybridized carbons (Fsp3) is 0.600. The summed E-state index contributed by atoms with van der Waals surface area (Å²) in [5.74, 6) is 1.10. The number of benzene rings is 1. The highest BCUT2D eigenvalue weighted by Crippen LogP contribution is 2.50. The molecule has 1 atom stereocenters. The Morgan fingerprint density at radius 2 is 1.96 bits per heavy atom. The molecule has 2 aliphatic carbocycles. The van der Waals surface area contributed by atoms with Crippen LogP contribution in [0.1, 0.15) is 67.3 Å². The Morgan fingerprint density at radius 3 is 2.52 bits per heavy atom. The van der Waals surface area contributed by atoms with E-state index in [1.165, 1.54) is 0 Å². The summed E-state index contributed by atoms with van der Waals surface area (Å²) < 4.78 is 18.0. The number of nitrogens with two attached hydrogens (primary N) is 1. The summed E-state index contributed by atoms with van der Waals surface area (Å²) in [5.41, 5.74) is 6.64. The van der Waals surface area contributed by atoms with Crippen LogP contribution in [0.5, 0.6) is 5.75 Å². The molecule has 0 aliphatic heterocycles. The largest absolute Gasteiger partial charge is 0.491 e. The molecular weight excluding hydrogens is 321 g/mol. The molecule has 4 nitrogen and oxygen atoms in total. The van der Waals surface area contributed by atoms with Crippen LogP contribution in [-0.4, -0.2) is 25.0 Å². The molecule has 1 aromatic rings. The predicted molar refractivity (Wildman–Crippen MR) is 93.5 cm³/mol. The van der Waals surface area contributed by atoms with Gasteiger partial charge in [-0.25, -0.2) is 4.39 Å². The van der Waals surface area contributed by atoms with E-state index in [1.807, 2.05) is 19.1 Å². The van der Waals surface area contributed by atoms with Crippen molar-refractivity contribution in [3.05, 3.63) is 29.3 Å². The number of hydrogen-bond donors (Lipinski definition) is 1. The van der Waals surface area contributed by atoms with Gasteiger partial charge < -0.3 is 10.5 Å². The van der Waals surface area contributed by atoms with Crippen LogP contribution in [0.15, 0.2) is 18.2 Å². The van der Waals surface area contributed by atoms with Crippen molar-refractivity contribution in [3.63, 3.8) is 0 Å². The van der Waals surface area contributed by atoms with Gasteiger partial charge in [0.1, 0.15) is 19.0 Å². The van der Waals surface area contributed by atoms with Crippen molar-refractivity contribution in [2.75, 3.05) is 13.3 Å². The maximum atomic E-state index is 12.8. The molecule has 2 saturated carbocycles. The Labute approximate surface area is 147 Å². The number of Topliss-reactive ketones (excluding diaryl/α,β-unsaturated/α-hetero) is 1. The highest BCUT2D eigenvalue weighted by Gasteiger charge is 2.43. The number of rotatable bonds is 10. The van der Waals surface area contributed by atoms with Gasteiger partial charge in [0.15, 0.2) is 5.78 Å². The number of primary amides is 1. The predicted octanol–water partition coefficient (Wildman–Crippen LogP) is 3.78. The lowest BCUT2D eigenvalue weighted by atomic mass is 9.76. The number of halogens is 1. The molecular formula is C20H26FNO3. The Hall–Kier alpha value is -1.91. The van der Waals surface area contributed by atoms with Gasteiger partial charge in [-0.15, -0.1) is 0 Å². The maximum absolute atomic E-state index is 12.8. The Morgan fingerprint density at radius 1 is 1.24 bits per heavy atom. The molecule has 0 radical (unpaired) electrons. The quantitative estimate of drug-likeness (QED) is 0.655. The van der Waals surface area contributed by atoms with E-state index in [4.69, 9.17) is 10.5 Å². The summed E-state index contributed by atoms with van der Waals surface area (Å²) in [6, 6.07) is 5.50. The second-order valence-corrected chi connectivity index (χ2v) is 7.74. The van der Waals surface area contributed by atoms with E-state index in [0.717, 1.165) is 31.2 Å². The number of amides is 1. The summed E-state index contributed by atoms with van der Waals surface area (Å²) >= 11 is 0. The molecule has 0 heterocycles. The topological polar surface area (TPSA) is 69.4 Å². The zero-order valence-electron chi connectivity index (χ0n) is 14.7. The highest BCUT2D eigenvalue weighted by molar-refractivity contribution is 5.97. The summed E-state index contributed by atoms with van der Waals surface area (Å²) in [7, 11) is 0. The monoisotopic (exact) mass is 347 g/mol. The average Bonchev–Trinajstić information content (AvgIpc) is 3.43. The summed E-state index contributed by atoms with van der Waals surface area (Å²) in [5, 5.41) is 0. The van der Waals surface area contributed by atoms with Crippen LogP contribution >= 0.6 is 0 Å². The van der Waals surface area contributed by atoms with Crippen LogP contribution < -0.4 is 10.5 Å². The first-order valence-corrected chi connectivity index (χ1v) is 9.07. The molecule has 1 aromatic carbocycles. The zero-order valence-corrected chi connectivity index (χ0v) is 14.7. The molecule has 0 aromatic heterocycles. The lowest BCUT2D eigenvalue weighted by molar-refractivity contribution is -0.120. The van der Waals surface area contributed by atoms with Gasteiger partial charge >= 0.3 is 0 Å². The lowest BCUT2D eigenvalue weighted by Crippen LogP contribution is -2.30. The third kappa shape index (κ3) is 4.39. The number of ketones is 1.